The van der Waals surface area contributed by atoms with Gasteiger partial charge in [0.2, 0.25) is 0 Å². The van der Waals surface area contributed by atoms with Crippen LogP contribution in [-0.4, -0.2) is 34.4 Å². The Balaban J connectivity index is 1.88. The summed E-state index contributed by atoms with van der Waals surface area (Å²) in [4.78, 5) is 6.46. The zero-order valence-electron chi connectivity index (χ0n) is 11.8. The molecular formula is C13H18N4O3S. The summed E-state index contributed by atoms with van der Waals surface area (Å²) in [5.74, 6) is 0.804. The highest BCUT2D eigenvalue weighted by molar-refractivity contribution is 7.89. The van der Waals surface area contributed by atoms with Crippen LogP contribution in [0.1, 0.15) is 43.7 Å². The van der Waals surface area contributed by atoms with Gasteiger partial charge in [-0.1, -0.05) is 12.1 Å². The molecule has 1 aliphatic rings. The Kier molecular flexibility index (Phi) is 3.81. The molecule has 1 saturated heterocycles. The molecule has 0 bridgehead atoms. The van der Waals surface area contributed by atoms with Crippen LogP contribution in [0.3, 0.4) is 0 Å². The minimum absolute atomic E-state index is 0.117. The molecule has 1 unspecified atom stereocenters. The monoisotopic (exact) mass is 310 g/mol. The van der Waals surface area contributed by atoms with Crippen LogP contribution in [0.2, 0.25) is 0 Å². The van der Waals surface area contributed by atoms with Crippen LogP contribution in [0.15, 0.2) is 28.1 Å². The molecule has 0 aromatic carbocycles. The normalized spacial score (nSPS) is 20.1. The van der Waals surface area contributed by atoms with E-state index in [-0.39, 0.29) is 11.1 Å². The van der Waals surface area contributed by atoms with E-state index in [9.17, 15) is 8.42 Å². The number of aromatic nitrogens is 3. The molecule has 3 rings (SSSR count). The topological polar surface area (TPSA) is 92.1 Å². The van der Waals surface area contributed by atoms with Gasteiger partial charge >= 0.3 is 0 Å². The van der Waals surface area contributed by atoms with Crippen LogP contribution >= 0.6 is 0 Å². The molecule has 8 heteroatoms. The Morgan fingerprint density at radius 2 is 2.38 bits per heavy atom. The molecule has 7 nitrogen and oxygen atoms in total. The first-order valence-corrected chi connectivity index (χ1v) is 8.52. The smallest absolute Gasteiger partial charge is 0.260 e. The number of hydrogen-bond donors (Lipinski definition) is 1. The molecule has 1 N–H and O–H groups in total. The van der Waals surface area contributed by atoms with Crippen molar-refractivity contribution in [2.75, 3.05) is 6.54 Å². The molecule has 3 heterocycles. The van der Waals surface area contributed by atoms with Crippen molar-refractivity contribution < 1.29 is 12.9 Å². The first-order chi connectivity index (χ1) is 10.1. The van der Waals surface area contributed by atoms with E-state index in [2.05, 4.69) is 22.0 Å². The Hall–Kier alpha value is -1.67. The zero-order valence-corrected chi connectivity index (χ0v) is 12.6. The summed E-state index contributed by atoms with van der Waals surface area (Å²) in [6.45, 7) is 2.55. The molecule has 0 saturated carbocycles. The van der Waals surface area contributed by atoms with E-state index in [4.69, 9.17) is 4.52 Å². The standard InChI is InChI=1S/C13H18N4O3S/c1-2-4-10-7-11(16-20-10)12-5-3-6-17(12)21(18,19)13-8-14-9-15-13/h7-9,12H,2-6H2,1H3,(H,14,15). The maximum atomic E-state index is 12.6. The van der Waals surface area contributed by atoms with Crippen LogP contribution in [0, 0.1) is 0 Å². The van der Waals surface area contributed by atoms with E-state index in [0.29, 0.717) is 12.2 Å². The second-order valence-corrected chi connectivity index (χ2v) is 7.02. The predicted octanol–water partition coefficient (Wildman–Crippen LogP) is 1.88. The van der Waals surface area contributed by atoms with Gasteiger partial charge < -0.3 is 9.51 Å². The highest BCUT2D eigenvalue weighted by Crippen LogP contribution is 2.35. The number of imidazole rings is 1. The minimum Gasteiger partial charge on any atom is -0.361 e. The zero-order chi connectivity index (χ0) is 14.9. The van der Waals surface area contributed by atoms with Crippen molar-refractivity contribution in [2.45, 2.75) is 43.7 Å². The molecule has 1 atom stereocenters. The van der Waals surface area contributed by atoms with Gasteiger partial charge in [-0.15, -0.1) is 0 Å². The van der Waals surface area contributed by atoms with Gasteiger partial charge in [0, 0.05) is 19.0 Å². The molecule has 0 aliphatic carbocycles. The number of aryl methyl sites for hydroxylation is 1. The van der Waals surface area contributed by atoms with E-state index >= 15 is 0 Å². The summed E-state index contributed by atoms with van der Waals surface area (Å²) >= 11 is 0. The number of aromatic amines is 1. The highest BCUT2D eigenvalue weighted by atomic mass is 32.2. The average Bonchev–Trinajstić information content (AvgIpc) is 3.20. The second kappa shape index (κ2) is 5.61. The molecule has 0 radical (unpaired) electrons. The molecular weight excluding hydrogens is 292 g/mol. The van der Waals surface area contributed by atoms with Crippen molar-refractivity contribution in [3.8, 4) is 0 Å². The third kappa shape index (κ3) is 2.60. The fourth-order valence-corrected chi connectivity index (χ4v) is 4.25. The number of rotatable bonds is 5. The van der Waals surface area contributed by atoms with Gasteiger partial charge in [0.05, 0.1) is 18.6 Å². The Morgan fingerprint density at radius 3 is 3.10 bits per heavy atom. The van der Waals surface area contributed by atoms with Crippen molar-refractivity contribution in [1.29, 1.82) is 0 Å². The fourth-order valence-electron chi connectivity index (χ4n) is 2.68. The molecule has 2 aromatic rings. The van der Waals surface area contributed by atoms with Gasteiger partial charge in [0.15, 0.2) is 5.03 Å². The molecule has 0 spiro atoms. The van der Waals surface area contributed by atoms with Gasteiger partial charge in [-0.05, 0) is 19.3 Å². The second-order valence-electron chi connectivity index (χ2n) is 5.16. The molecule has 1 aliphatic heterocycles. The fraction of sp³-hybridized carbons (Fsp3) is 0.538. The third-order valence-electron chi connectivity index (χ3n) is 3.68. The molecule has 21 heavy (non-hydrogen) atoms. The van der Waals surface area contributed by atoms with Crippen LogP contribution in [0.5, 0.6) is 0 Å². The lowest BCUT2D eigenvalue weighted by Gasteiger charge is -2.21. The molecule has 0 amide bonds. The third-order valence-corrected chi connectivity index (χ3v) is 5.51. The van der Waals surface area contributed by atoms with E-state index in [1.807, 2.05) is 6.07 Å². The highest BCUT2D eigenvalue weighted by Gasteiger charge is 2.38. The van der Waals surface area contributed by atoms with Crippen molar-refractivity contribution in [2.24, 2.45) is 0 Å². The number of sulfonamides is 1. The number of nitrogens with one attached hydrogen (secondary N) is 1. The number of hydrogen-bond acceptors (Lipinski definition) is 5. The maximum Gasteiger partial charge on any atom is 0.260 e. The maximum absolute atomic E-state index is 12.6. The molecule has 1 fully saturated rings. The molecule has 2 aromatic heterocycles. The number of H-pyrrole nitrogens is 1. The lowest BCUT2D eigenvalue weighted by atomic mass is 10.1. The summed E-state index contributed by atoms with van der Waals surface area (Å²) in [7, 11) is -3.56. The lowest BCUT2D eigenvalue weighted by Crippen LogP contribution is -2.31. The minimum atomic E-state index is -3.56. The first kappa shape index (κ1) is 14.3. The summed E-state index contributed by atoms with van der Waals surface area (Å²) in [5.41, 5.74) is 0.694. The summed E-state index contributed by atoms with van der Waals surface area (Å²) in [6, 6.07) is 1.61. The van der Waals surface area contributed by atoms with Crippen LogP contribution < -0.4 is 0 Å². The SMILES string of the molecule is CCCc1cc(C2CCCN2S(=O)(=O)c2cnc[nH]2)no1. The Bertz CT molecular complexity index is 693. The molecule has 114 valence electrons. The van der Waals surface area contributed by atoms with E-state index in [1.54, 1.807) is 0 Å². The quantitative estimate of drug-likeness (QED) is 0.910. The van der Waals surface area contributed by atoms with Crippen LogP contribution in [-0.2, 0) is 16.4 Å². The van der Waals surface area contributed by atoms with Gasteiger partial charge in [-0.3, -0.25) is 0 Å². The van der Waals surface area contributed by atoms with E-state index < -0.39 is 10.0 Å². The van der Waals surface area contributed by atoms with Crippen molar-refractivity contribution in [1.82, 2.24) is 19.4 Å². The van der Waals surface area contributed by atoms with Crippen molar-refractivity contribution in [3.63, 3.8) is 0 Å². The van der Waals surface area contributed by atoms with Gasteiger partial charge in [-0.2, -0.15) is 4.31 Å². The van der Waals surface area contributed by atoms with E-state index in [0.717, 1.165) is 31.4 Å². The average molecular weight is 310 g/mol. The largest absolute Gasteiger partial charge is 0.361 e. The van der Waals surface area contributed by atoms with E-state index in [1.165, 1.54) is 16.8 Å². The summed E-state index contributed by atoms with van der Waals surface area (Å²) < 4.78 is 32.0. The predicted molar refractivity (Wildman–Crippen MR) is 75.0 cm³/mol. The Morgan fingerprint density at radius 1 is 1.52 bits per heavy atom. The van der Waals surface area contributed by atoms with Crippen molar-refractivity contribution in [3.05, 3.63) is 30.0 Å². The van der Waals surface area contributed by atoms with Gasteiger partial charge in [0.1, 0.15) is 11.5 Å². The van der Waals surface area contributed by atoms with Gasteiger partial charge in [0.25, 0.3) is 10.0 Å². The van der Waals surface area contributed by atoms with Crippen LogP contribution in [0.4, 0.5) is 0 Å². The number of nitrogens with zero attached hydrogens (tertiary/aromatic N) is 3. The summed E-state index contributed by atoms with van der Waals surface area (Å²) in [6.07, 6.45) is 6.05. The van der Waals surface area contributed by atoms with Crippen LogP contribution in [0.25, 0.3) is 0 Å². The van der Waals surface area contributed by atoms with Crippen molar-refractivity contribution >= 4 is 10.0 Å². The Labute approximate surface area is 123 Å². The van der Waals surface area contributed by atoms with Gasteiger partial charge in [-0.25, -0.2) is 13.4 Å². The summed E-state index contributed by atoms with van der Waals surface area (Å²) in [5, 5.41) is 4.17. The first-order valence-electron chi connectivity index (χ1n) is 7.08. The lowest BCUT2D eigenvalue weighted by molar-refractivity contribution is 0.343.